The number of anilines is 1. The number of fused-ring (bicyclic) bond motifs is 2. The smallest absolute Gasteiger partial charge is 0.328 e. The lowest BCUT2D eigenvalue weighted by Gasteiger charge is -2.40. The summed E-state index contributed by atoms with van der Waals surface area (Å²) in [5.74, 6) is 1.60. The molecule has 4 unspecified atom stereocenters. The molecule has 2 aromatic rings. The van der Waals surface area contributed by atoms with Crippen molar-refractivity contribution in [1.29, 1.82) is 0 Å². The van der Waals surface area contributed by atoms with Gasteiger partial charge in [-0.25, -0.2) is 9.78 Å². The van der Waals surface area contributed by atoms with Gasteiger partial charge in [-0.05, 0) is 57.6 Å². The van der Waals surface area contributed by atoms with Crippen LogP contribution in [0.15, 0.2) is 47.5 Å². The lowest BCUT2D eigenvalue weighted by atomic mass is 9.90. The summed E-state index contributed by atoms with van der Waals surface area (Å²) in [4.78, 5) is 22.2. The average Bonchev–Trinajstić information content (AvgIpc) is 3.54. The summed E-state index contributed by atoms with van der Waals surface area (Å²) in [5, 5.41) is 12.7. The quantitative estimate of drug-likeness (QED) is 0.374. The highest BCUT2D eigenvalue weighted by Crippen LogP contribution is 2.66. The maximum absolute atomic E-state index is 13.8. The zero-order chi connectivity index (χ0) is 28.0. The summed E-state index contributed by atoms with van der Waals surface area (Å²) in [6.45, 7) is 8.28. The SMILES string of the molecule is CC(C)N1C(=O)N(CCCOC2CCCCO2)C(O)c2c1nc(C1=CC=C(Cl)C3CC13C)n2Cc1ccccc1. The van der Waals surface area contributed by atoms with Gasteiger partial charge >= 0.3 is 6.03 Å². The van der Waals surface area contributed by atoms with Crippen LogP contribution in [0, 0.1) is 11.3 Å². The number of ether oxygens (including phenoxy) is 2. The minimum Gasteiger partial charge on any atom is -0.368 e. The summed E-state index contributed by atoms with van der Waals surface area (Å²) < 4.78 is 13.7. The third kappa shape index (κ3) is 4.89. The molecule has 2 aliphatic heterocycles. The number of aliphatic hydroxyl groups is 1. The number of nitrogens with zero attached hydrogens (tertiary/aromatic N) is 4. The Kier molecular flexibility index (Phi) is 7.55. The second-order valence-corrected chi connectivity index (χ2v) is 12.3. The van der Waals surface area contributed by atoms with Crippen molar-refractivity contribution in [3.8, 4) is 0 Å². The zero-order valence-corrected chi connectivity index (χ0v) is 24.3. The second-order valence-electron chi connectivity index (χ2n) is 11.9. The Morgan fingerprint density at radius 3 is 2.75 bits per heavy atom. The van der Waals surface area contributed by atoms with Crippen molar-refractivity contribution in [3.63, 3.8) is 0 Å². The summed E-state index contributed by atoms with van der Waals surface area (Å²) in [5.41, 5.74) is 2.73. The van der Waals surface area contributed by atoms with Crippen molar-refractivity contribution < 1.29 is 19.4 Å². The number of benzene rings is 1. The fourth-order valence-electron chi connectivity index (χ4n) is 6.34. The van der Waals surface area contributed by atoms with Crippen LogP contribution in [0.3, 0.4) is 0 Å². The van der Waals surface area contributed by atoms with Crippen molar-refractivity contribution in [3.05, 3.63) is 64.6 Å². The van der Waals surface area contributed by atoms with Gasteiger partial charge in [-0.2, -0.15) is 0 Å². The normalized spacial score (nSPS) is 27.9. The predicted octanol–water partition coefficient (Wildman–Crippen LogP) is 6.05. The number of carbonyl (C=O) groups excluding carboxylic acids is 1. The number of urea groups is 1. The Labute approximate surface area is 241 Å². The van der Waals surface area contributed by atoms with Crippen LogP contribution in [0.5, 0.6) is 0 Å². The topological polar surface area (TPSA) is 80.1 Å². The first-order valence-corrected chi connectivity index (χ1v) is 14.9. The van der Waals surface area contributed by atoms with E-state index in [0.29, 0.717) is 37.6 Å². The van der Waals surface area contributed by atoms with Gasteiger partial charge in [0.05, 0.1) is 6.61 Å². The molecule has 8 nitrogen and oxygen atoms in total. The first kappa shape index (κ1) is 27.5. The number of amides is 2. The van der Waals surface area contributed by atoms with E-state index in [0.717, 1.165) is 54.3 Å². The van der Waals surface area contributed by atoms with Crippen LogP contribution in [0.25, 0.3) is 5.57 Å². The Bertz CT molecular complexity index is 1320. The number of carbonyl (C=O) groups is 1. The molecule has 0 radical (unpaired) electrons. The molecule has 2 amide bonds. The lowest BCUT2D eigenvalue weighted by molar-refractivity contribution is -0.163. The molecule has 1 saturated heterocycles. The molecule has 1 aromatic heterocycles. The molecular weight excluding hydrogens is 528 g/mol. The van der Waals surface area contributed by atoms with Gasteiger partial charge in [-0.1, -0.05) is 54.9 Å². The monoisotopic (exact) mass is 566 g/mol. The molecule has 4 atom stereocenters. The molecule has 0 spiro atoms. The van der Waals surface area contributed by atoms with Gasteiger partial charge in [-0.3, -0.25) is 9.80 Å². The maximum atomic E-state index is 13.8. The van der Waals surface area contributed by atoms with E-state index in [2.05, 4.69) is 29.7 Å². The van der Waals surface area contributed by atoms with Crippen LogP contribution in [-0.4, -0.2) is 57.7 Å². The molecule has 40 heavy (non-hydrogen) atoms. The number of aromatic nitrogens is 2. The lowest BCUT2D eigenvalue weighted by Crippen LogP contribution is -2.53. The number of aliphatic hydroxyl groups excluding tert-OH is 1. The van der Waals surface area contributed by atoms with Crippen molar-refractivity contribution in [1.82, 2.24) is 14.5 Å². The molecule has 6 rings (SSSR count). The summed E-state index contributed by atoms with van der Waals surface area (Å²) >= 11 is 6.53. The number of imidazole rings is 1. The fraction of sp³-hybridized carbons (Fsp3) is 0.548. The van der Waals surface area contributed by atoms with E-state index < -0.39 is 6.23 Å². The van der Waals surface area contributed by atoms with Crippen molar-refractivity contribution in [2.24, 2.45) is 11.3 Å². The van der Waals surface area contributed by atoms with Gasteiger partial charge in [-0.15, -0.1) is 0 Å². The van der Waals surface area contributed by atoms with Gasteiger partial charge in [0.2, 0.25) is 0 Å². The third-order valence-corrected chi connectivity index (χ3v) is 9.12. The molecule has 2 aliphatic carbocycles. The highest BCUT2D eigenvalue weighted by molar-refractivity contribution is 6.30. The minimum absolute atomic E-state index is 0.107. The first-order valence-electron chi connectivity index (χ1n) is 14.5. The minimum atomic E-state index is -1.13. The van der Waals surface area contributed by atoms with E-state index in [-0.39, 0.29) is 29.7 Å². The number of halogens is 1. The molecule has 2 fully saturated rings. The standard InChI is InChI=1S/C31H39ClN4O4/c1-20(2)36-28-26(29(37)34(30(36)38)15-9-17-40-25-12-7-8-16-39-25)35(19-21-10-5-4-6-11-21)27(33-28)22-13-14-24(32)23-18-31(22,23)3/h4-6,10-11,13-14,20,23,25,29,37H,7-9,12,15-19H2,1-3H3. The largest absolute Gasteiger partial charge is 0.368 e. The van der Waals surface area contributed by atoms with Crippen molar-refractivity contribution >= 4 is 29.0 Å². The van der Waals surface area contributed by atoms with E-state index in [1.165, 1.54) is 0 Å². The number of allylic oxidation sites excluding steroid dienone is 4. The Balaban J connectivity index is 1.35. The number of rotatable bonds is 9. The number of hydrogen-bond donors (Lipinski definition) is 1. The highest BCUT2D eigenvalue weighted by atomic mass is 35.5. The molecule has 214 valence electrons. The van der Waals surface area contributed by atoms with Gasteiger partial charge in [0, 0.05) is 47.7 Å². The van der Waals surface area contributed by atoms with E-state index in [1.807, 2.05) is 38.1 Å². The maximum Gasteiger partial charge on any atom is 0.328 e. The third-order valence-electron chi connectivity index (χ3n) is 8.73. The van der Waals surface area contributed by atoms with Crippen molar-refractivity contribution in [2.75, 3.05) is 24.7 Å². The van der Waals surface area contributed by atoms with Gasteiger partial charge in [0.15, 0.2) is 18.3 Å². The molecule has 1 saturated carbocycles. The molecule has 0 bridgehead atoms. The molecule has 9 heteroatoms. The van der Waals surface area contributed by atoms with E-state index >= 15 is 0 Å². The first-order chi connectivity index (χ1) is 19.3. The van der Waals surface area contributed by atoms with Crippen LogP contribution in [0.2, 0.25) is 0 Å². The van der Waals surface area contributed by atoms with Crippen LogP contribution in [-0.2, 0) is 16.0 Å². The Morgan fingerprint density at radius 1 is 1.23 bits per heavy atom. The van der Waals surface area contributed by atoms with E-state index in [4.69, 9.17) is 26.1 Å². The van der Waals surface area contributed by atoms with Crippen LogP contribution >= 0.6 is 11.6 Å². The van der Waals surface area contributed by atoms with Crippen molar-refractivity contribution in [2.45, 2.75) is 78.0 Å². The summed E-state index contributed by atoms with van der Waals surface area (Å²) in [6.07, 6.45) is 7.36. The van der Waals surface area contributed by atoms with Gasteiger partial charge in [0.1, 0.15) is 11.5 Å². The van der Waals surface area contributed by atoms with Crippen LogP contribution in [0.4, 0.5) is 10.6 Å². The summed E-state index contributed by atoms with van der Waals surface area (Å²) in [6, 6.07) is 9.80. The fourth-order valence-corrected chi connectivity index (χ4v) is 6.72. The Hall–Kier alpha value is -2.65. The van der Waals surface area contributed by atoms with Gasteiger partial charge < -0.3 is 19.1 Å². The molecule has 4 aliphatic rings. The van der Waals surface area contributed by atoms with Crippen LogP contribution in [0.1, 0.15) is 76.2 Å². The van der Waals surface area contributed by atoms with Gasteiger partial charge in [0.25, 0.3) is 0 Å². The highest BCUT2D eigenvalue weighted by Gasteiger charge is 2.57. The molecular formula is C31H39ClN4O4. The predicted molar refractivity (Wildman–Crippen MR) is 155 cm³/mol. The van der Waals surface area contributed by atoms with Crippen LogP contribution < -0.4 is 4.90 Å². The average molecular weight is 567 g/mol. The van der Waals surface area contributed by atoms with E-state index in [1.54, 1.807) is 9.80 Å². The molecule has 3 heterocycles. The molecule has 1 aromatic carbocycles. The van der Waals surface area contributed by atoms with E-state index in [9.17, 15) is 9.90 Å². The zero-order valence-electron chi connectivity index (χ0n) is 23.6. The Morgan fingerprint density at radius 2 is 2.02 bits per heavy atom. The second kappa shape index (κ2) is 11.0. The number of hydrogen-bond acceptors (Lipinski definition) is 5. The molecule has 1 N–H and O–H groups in total. The summed E-state index contributed by atoms with van der Waals surface area (Å²) in [7, 11) is 0.